The molecule has 0 aromatic carbocycles. The van der Waals surface area contributed by atoms with Gasteiger partial charge in [-0.25, -0.2) is 13.1 Å². The number of aryl methyl sites for hydroxylation is 2. The lowest BCUT2D eigenvalue weighted by molar-refractivity contribution is 0.567. The van der Waals surface area contributed by atoms with Crippen molar-refractivity contribution < 1.29 is 8.42 Å². The van der Waals surface area contributed by atoms with Crippen molar-refractivity contribution in [3.8, 4) is 0 Å². The van der Waals surface area contributed by atoms with Crippen LogP contribution in [0.25, 0.3) is 0 Å². The monoisotopic (exact) mass is 328 g/mol. The predicted molar refractivity (Wildman–Crippen MR) is 84.7 cm³/mol. The number of aromatic nitrogens is 2. The molecule has 2 heterocycles. The van der Waals surface area contributed by atoms with Crippen molar-refractivity contribution in [2.45, 2.75) is 44.7 Å². The molecular formula is C13H20N4O2S2. The quantitative estimate of drug-likeness (QED) is 0.851. The van der Waals surface area contributed by atoms with Gasteiger partial charge < -0.3 is 5.73 Å². The Morgan fingerprint density at radius 1 is 1.48 bits per heavy atom. The number of hydrogen-bond acceptors (Lipinski definition) is 5. The highest BCUT2D eigenvalue weighted by Gasteiger charge is 2.24. The molecule has 1 unspecified atom stereocenters. The highest BCUT2D eigenvalue weighted by molar-refractivity contribution is 7.89. The number of rotatable bonds is 6. The minimum absolute atomic E-state index is 0.0329. The summed E-state index contributed by atoms with van der Waals surface area (Å²) in [5.74, 6) is 0.0329. The number of sulfonamides is 1. The van der Waals surface area contributed by atoms with E-state index in [4.69, 9.17) is 5.73 Å². The SMILES string of the molecule is CCCn1cc(S(=O)(=O)NC(C)c2ccc(C)s2)c(N)n1. The average Bonchev–Trinajstić information content (AvgIpc) is 2.96. The molecule has 8 heteroatoms. The van der Waals surface area contributed by atoms with Crippen molar-refractivity contribution in [2.24, 2.45) is 0 Å². The van der Waals surface area contributed by atoms with Crippen molar-refractivity contribution in [2.75, 3.05) is 5.73 Å². The molecule has 0 bridgehead atoms. The lowest BCUT2D eigenvalue weighted by atomic mass is 10.3. The minimum Gasteiger partial charge on any atom is -0.381 e. The van der Waals surface area contributed by atoms with Crippen LogP contribution in [0.4, 0.5) is 5.82 Å². The number of hydrogen-bond donors (Lipinski definition) is 2. The van der Waals surface area contributed by atoms with E-state index in [9.17, 15) is 8.42 Å². The second kappa shape index (κ2) is 6.17. The van der Waals surface area contributed by atoms with Crippen LogP contribution in [0.2, 0.25) is 0 Å². The van der Waals surface area contributed by atoms with Crippen LogP contribution in [0.15, 0.2) is 23.2 Å². The lowest BCUT2D eigenvalue weighted by Crippen LogP contribution is -2.26. The molecule has 3 N–H and O–H groups in total. The van der Waals surface area contributed by atoms with Gasteiger partial charge in [-0.15, -0.1) is 11.3 Å². The zero-order valence-corrected chi connectivity index (χ0v) is 14.0. The normalized spacial score (nSPS) is 13.5. The molecule has 2 aromatic rings. The van der Waals surface area contributed by atoms with E-state index in [2.05, 4.69) is 9.82 Å². The third kappa shape index (κ3) is 3.63. The summed E-state index contributed by atoms with van der Waals surface area (Å²) in [5, 5.41) is 4.03. The summed E-state index contributed by atoms with van der Waals surface area (Å²) in [7, 11) is -3.68. The van der Waals surface area contributed by atoms with Crippen LogP contribution < -0.4 is 10.5 Å². The summed E-state index contributed by atoms with van der Waals surface area (Å²) in [5.41, 5.74) is 5.73. The summed E-state index contributed by atoms with van der Waals surface area (Å²) in [4.78, 5) is 2.15. The number of nitrogen functional groups attached to an aromatic ring is 1. The van der Waals surface area contributed by atoms with Gasteiger partial charge in [-0.2, -0.15) is 5.10 Å². The summed E-state index contributed by atoms with van der Waals surface area (Å²) in [6.07, 6.45) is 2.34. The first-order chi connectivity index (χ1) is 9.83. The van der Waals surface area contributed by atoms with Gasteiger partial charge in [0.15, 0.2) is 5.82 Å². The number of nitrogens with zero attached hydrogens (tertiary/aromatic N) is 2. The third-order valence-corrected chi connectivity index (χ3v) is 5.76. The molecule has 2 rings (SSSR count). The van der Waals surface area contributed by atoms with Crippen molar-refractivity contribution in [1.29, 1.82) is 0 Å². The molecule has 0 aliphatic carbocycles. The van der Waals surface area contributed by atoms with Crippen molar-refractivity contribution >= 4 is 27.2 Å². The topological polar surface area (TPSA) is 90.0 Å². The maximum absolute atomic E-state index is 12.4. The molecular weight excluding hydrogens is 308 g/mol. The molecule has 21 heavy (non-hydrogen) atoms. The van der Waals surface area contributed by atoms with E-state index in [1.165, 1.54) is 6.20 Å². The van der Waals surface area contributed by atoms with Crippen LogP contribution >= 0.6 is 11.3 Å². The first-order valence-electron chi connectivity index (χ1n) is 6.75. The van der Waals surface area contributed by atoms with Gasteiger partial charge in [0.1, 0.15) is 4.90 Å². The largest absolute Gasteiger partial charge is 0.381 e. The van der Waals surface area contributed by atoms with Crippen LogP contribution in [0.1, 0.15) is 36.1 Å². The Kier molecular flexibility index (Phi) is 4.70. The highest BCUT2D eigenvalue weighted by atomic mass is 32.2. The number of nitrogens with two attached hydrogens (primary N) is 1. The Morgan fingerprint density at radius 2 is 2.19 bits per heavy atom. The molecule has 0 radical (unpaired) electrons. The maximum Gasteiger partial charge on any atom is 0.246 e. The zero-order valence-electron chi connectivity index (χ0n) is 12.3. The number of thiophene rings is 1. The van der Waals surface area contributed by atoms with Crippen LogP contribution in [0.3, 0.4) is 0 Å². The second-order valence-electron chi connectivity index (χ2n) is 4.93. The molecule has 0 fully saturated rings. The number of anilines is 1. The summed E-state index contributed by atoms with van der Waals surface area (Å²) in [6.45, 7) is 6.43. The molecule has 0 aliphatic heterocycles. The second-order valence-corrected chi connectivity index (χ2v) is 7.93. The van der Waals surface area contributed by atoms with Gasteiger partial charge in [0.25, 0.3) is 0 Å². The molecule has 0 saturated heterocycles. The van der Waals surface area contributed by atoms with Crippen molar-refractivity contribution in [3.05, 3.63) is 28.1 Å². The van der Waals surface area contributed by atoms with Gasteiger partial charge in [-0.05, 0) is 32.4 Å². The summed E-state index contributed by atoms with van der Waals surface area (Å²) >= 11 is 1.57. The molecule has 1 atom stereocenters. The Balaban J connectivity index is 2.22. The van der Waals surface area contributed by atoms with E-state index in [0.717, 1.165) is 16.2 Å². The highest BCUT2D eigenvalue weighted by Crippen LogP contribution is 2.25. The first-order valence-corrected chi connectivity index (χ1v) is 9.05. The van der Waals surface area contributed by atoms with E-state index in [1.54, 1.807) is 16.0 Å². The lowest BCUT2D eigenvalue weighted by Gasteiger charge is -2.11. The van der Waals surface area contributed by atoms with Gasteiger partial charge in [0.05, 0.1) is 6.04 Å². The van der Waals surface area contributed by atoms with Crippen molar-refractivity contribution in [1.82, 2.24) is 14.5 Å². The summed E-state index contributed by atoms with van der Waals surface area (Å²) in [6, 6.07) is 3.60. The molecule has 0 aliphatic rings. The van der Waals surface area contributed by atoms with E-state index in [1.807, 2.05) is 32.9 Å². The molecule has 6 nitrogen and oxygen atoms in total. The third-order valence-electron chi connectivity index (χ3n) is 3.02. The van der Waals surface area contributed by atoms with Crippen molar-refractivity contribution in [3.63, 3.8) is 0 Å². The Bertz CT molecular complexity index is 718. The van der Waals surface area contributed by atoms with Crippen LogP contribution in [-0.4, -0.2) is 18.2 Å². The first kappa shape index (κ1) is 16.0. The molecule has 2 aromatic heterocycles. The fourth-order valence-corrected chi connectivity index (χ4v) is 4.26. The fourth-order valence-electron chi connectivity index (χ4n) is 2.01. The standard InChI is InChI=1S/C13H20N4O2S2/c1-4-7-17-8-12(13(14)15-17)21(18,19)16-10(3)11-6-5-9(2)20-11/h5-6,8,10,16H,4,7H2,1-3H3,(H2,14,15). The maximum atomic E-state index is 12.4. The van der Waals surface area contributed by atoms with Gasteiger partial charge in [-0.3, -0.25) is 4.68 Å². The predicted octanol–water partition coefficient (Wildman–Crippen LogP) is 2.28. The van der Waals surface area contributed by atoms with Gasteiger partial charge in [-0.1, -0.05) is 6.92 Å². The van der Waals surface area contributed by atoms with Gasteiger partial charge in [0, 0.05) is 22.5 Å². The molecule has 0 spiro atoms. The molecule has 116 valence electrons. The average molecular weight is 328 g/mol. The van der Waals surface area contributed by atoms with E-state index < -0.39 is 10.0 Å². The van der Waals surface area contributed by atoms with Gasteiger partial charge in [0.2, 0.25) is 10.0 Å². The minimum atomic E-state index is -3.68. The molecule has 0 amide bonds. The summed E-state index contributed by atoms with van der Waals surface area (Å²) < 4.78 is 29.0. The smallest absolute Gasteiger partial charge is 0.246 e. The zero-order chi connectivity index (χ0) is 15.6. The van der Waals surface area contributed by atoms with Gasteiger partial charge >= 0.3 is 0 Å². The van der Waals surface area contributed by atoms with Crippen LogP contribution in [-0.2, 0) is 16.6 Å². The van der Waals surface area contributed by atoms with Crippen LogP contribution in [0.5, 0.6) is 0 Å². The Labute approximate surface area is 129 Å². The Morgan fingerprint density at radius 3 is 2.76 bits per heavy atom. The van der Waals surface area contributed by atoms with E-state index in [-0.39, 0.29) is 16.8 Å². The fraction of sp³-hybridized carbons (Fsp3) is 0.462. The number of nitrogens with one attached hydrogen (secondary N) is 1. The van der Waals surface area contributed by atoms with E-state index in [0.29, 0.717) is 6.54 Å². The van der Waals surface area contributed by atoms with E-state index >= 15 is 0 Å². The molecule has 0 saturated carbocycles. The Hall–Kier alpha value is -1.38. The van der Waals surface area contributed by atoms with Crippen LogP contribution in [0, 0.1) is 6.92 Å².